The smallest absolute Gasteiger partial charge is 0.251 e. The molecule has 1 N–H and O–H groups in total. The molecule has 0 bridgehead atoms. The van der Waals surface area contributed by atoms with Gasteiger partial charge in [0.25, 0.3) is 5.91 Å². The molecular formula is C19H25N3O3. The van der Waals surface area contributed by atoms with Crippen molar-refractivity contribution >= 4 is 16.8 Å². The molecule has 1 aliphatic heterocycles. The third-order valence-corrected chi connectivity index (χ3v) is 4.36. The fraction of sp³-hybridized carbons (Fsp3) is 0.474. The molecule has 6 heteroatoms. The van der Waals surface area contributed by atoms with Gasteiger partial charge >= 0.3 is 0 Å². The van der Waals surface area contributed by atoms with Gasteiger partial charge in [-0.15, -0.1) is 0 Å². The van der Waals surface area contributed by atoms with Gasteiger partial charge in [-0.1, -0.05) is 6.07 Å². The van der Waals surface area contributed by atoms with Crippen LogP contribution in [0.3, 0.4) is 0 Å². The molecule has 1 amide bonds. The van der Waals surface area contributed by atoms with Crippen molar-refractivity contribution in [2.75, 3.05) is 40.5 Å². The highest BCUT2D eigenvalue weighted by molar-refractivity contribution is 5.98. The van der Waals surface area contributed by atoms with Crippen LogP contribution < -0.4 is 5.32 Å². The summed E-state index contributed by atoms with van der Waals surface area (Å²) in [5.41, 5.74) is 1.52. The van der Waals surface area contributed by atoms with Crippen LogP contribution in [0.15, 0.2) is 36.5 Å². The molecule has 2 atom stereocenters. The Balaban J connectivity index is 1.64. The second kappa shape index (κ2) is 8.38. The van der Waals surface area contributed by atoms with Crippen LogP contribution in [0.4, 0.5) is 0 Å². The van der Waals surface area contributed by atoms with Crippen LogP contribution in [0.2, 0.25) is 0 Å². The lowest BCUT2D eigenvalue weighted by Gasteiger charge is -2.32. The van der Waals surface area contributed by atoms with Crippen LogP contribution in [0, 0.1) is 0 Å². The van der Waals surface area contributed by atoms with Crippen molar-refractivity contribution in [3.63, 3.8) is 0 Å². The van der Waals surface area contributed by atoms with Gasteiger partial charge in [-0.2, -0.15) is 0 Å². The van der Waals surface area contributed by atoms with Crippen molar-refractivity contribution in [3.05, 3.63) is 42.1 Å². The molecule has 0 unspecified atom stereocenters. The average molecular weight is 343 g/mol. The summed E-state index contributed by atoms with van der Waals surface area (Å²) in [6.45, 7) is 2.62. The van der Waals surface area contributed by atoms with E-state index in [1.165, 1.54) is 0 Å². The van der Waals surface area contributed by atoms with E-state index in [1.807, 2.05) is 44.4 Å². The summed E-state index contributed by atoms with van der Waals surface area (Å²) in [7, 11) is 4.02. The third kappa shape index (κ3) is 4.75. The first-order valence-electron chi connectivity index (χ1n) is 8.63. The monoisotopic (exact) mass is 343 g/mol. The third-order valence-electron chi connectivity index (χ3n) is 4.36. The fourth-order valence-corrected chi connectivity index (χ4v) is 2.90. The summed E-state index contributed by atoms with van der Waals surface area (Å²) in [5, 5.41) is 4.07. The van der Waals surface area contributed by atoms with E-state index in [-0.39, 0.29) is 18.1 Å². The highest BCUT2D eigenvalue weighted by Crippen LogP contribution is 2.16. The quantitative estimate of drug-likeness (QED) is 0.865. The maximum absolute atomic E-state index is 12.6. The van der Waals surface area contributed by atoms with Gasteiger partial charge in [-0.3, -0.25) is 9.78 Å². The number of likely N-dealkylation sites (N-methyl/N-ethyl adjacent to an activating group) is 1. The van der Waals surface area contributed by atoms with Crippen molar-refractivity contribution < 1.29 is 14.3 Å². The fourth-order valence-electron chi connectivity index (χ4n) is 2.90. The number of aromatic nitrogens is 1. The highest BCUT2D eigenvalue weighted by Gasteiger charge is 2.28. The molecule has 25 heavy (non-hydrogen) atoms. The average Bonchev–Trinajstić information content (AvgIpc) is 2.62. The van der Waals surface area contributed by atoms with E-state index in [9.17, 15) is 4.79 Å². The number of carbonyl (C=O) groups excluding carboxylic acids is 1. The van der Waals surface area contributed by atoms with E-state index in [0.717, 1.165) is 23.9 Å². The van der Waals surface area contributed by atoms with Gasteiger partial charge in [0.15, 0.2) is 0 Å². The zero-order valence-electron chi connectivity index (χ0n) is 14.8. The minimum absolute atomic E-state index is 0.0343. The summed E-state index contributed by atoms with van der Waals surface area (Å²) in [5.74, 6) is -0.0844. The molecule has 0 saturated carbocycles. The van der Waals surface area contributed by atoms with Crippen molar-refractivity contribution in [1.29, 1.82) is 0 Å². The maximum atomic E-state index is 12.6. The van der Waals surface area contributed by atoms with E-state index >= 15 is 0 Å². The zero-order chi connectivity index (χ0) is 17.6. The molecule has 0 radical (unpaired) electrons. The van der Waals surface area contributed by atoms with Crippen LogP contribution in [0.5, 0.6) is 0 Å². The summed E-state index contributed by atoms with van der Waals surface area (Å²) >= 11 is 0. The second-order valence-electron chi connectivity index (χ2n) is 6.57. The van der Waals surface area contributed by atoms with Gasteiger partial charge < -0.3 is 19.7 Å². The van der Waals surface area contributed by atoms with Crippen LogP contribution >= 0.6 is 0 Å². The predicted octanol–water partition coefficient (Wildman–Crippen LogP) is 1.70. The Bertz CT molecular complexity index is 720. The molecular weight excluding hydrogens is 318 g/mol. The Morgan fingerprint density at radius 3 is 3.12 bits per heavy atom. The Morgan fingerprint density at radius 1 is 1.40 bits per heavy atom. The van der Waals surface area contributed by atoms with Crippen LogP contribution in [-0.2, 0) is 9.47 Å². The SMILES string of the molecule is CN(C)CCO[C@@H]1COCC[C@H]1NC(=O)c1ccc2ncccc2c1. The minimum Gasteiger partial charge on any atom is -0.379 e. The van der Waals surface area contributed by atoms with Gasteiger partial charge in [0.05, 0.1) is 24.8 Å². The summed E-state index contributed by atoms with van der Waals surface area (Å²) in [6.07, 6.45) is 2.40. The lowest BCUT2D eigenvalue weighted by atomic mass is 10.0. The lowest BCUT2D eigenvalue weighted by Crippen LogP contribution is -2.50. The molecule has 0 spiro atoms. The number of nitrogens with one attached hydrogen (secondary N) is 1. The molecule has 1 fully saturated rings. The highest BCUT2D eigenvalue weighted by atomic mass is 16.5. The zero-order valence-corrected chi connectivity index (χ0v) is 14.8. The Labute approximate surface area is 148 Å². The largest absolute Gasteiger partial charge is 0.379 e. The van der Waals surface area contributed by atoms with Gasteiger partial charge in [0.1, 0.15) is 6.10 Å². The first kappa shape index (κ1) is 17.8. The van der Waals surface area contributed by atoms with E-state index in [0.29, 0.717) is 25.4 Å². The predicted molar refractivity (Wildman–Crippen MR) is 96.7 cm³/mol. The van der Waals surface area contributed by atoms with Gasteiger partial charge in [-0.25, -0.2) is 0 Å². The van der Waals surface area contributed by atoms with Gasteiger partial charge in [0.2, 0.25) is 0 Å². The van der Waals surface area contributed by atoms with E-state index in [2.05, 4.69) is 15.2 Å². The van der Waals surface area contributed by atoms with E-state index in [1.54, 1.807) is 6.20 Å². The van der Waals surface area contributed by atoms with Gasteiger partial charge in [0, 0.05) is 30.3 Å². The molecule has 6 nitrogen and oxygen atoms in total. The summed E-state index contributed by atoms with van der Waals surface area (Å²) < 4.78 is 11.4. The first-order chi connectivity index (χ1) is 12.1. The minimum atomic E-state index is -0.111. The molecule has 1 aromatic carbocycles. The normalized spacial score (nSPS) is 20.8. The molecule has 1 saturated heterocycles. The van der Waals surface area contributed by atoms with E-state index in [4.69, 9.17) is 9.47 Å². The number of ether oxygens (including phenoxy) is 2. The van der Waals surface area contributed by atoms with Crippen molar-refractivity contribution in [2.24, 2.45) is 0 Å². The number of hydrogen-bond acceptors (Lipinski definition) is 5. The number of carbonyl (C=O) groups is 1. The Morgan fingerprint density at radius 2 is 2.28 bits per heavy atom. The number of fused-ring (bicyclic) bond motifs is 1. The summed E-state index contributed by atoms with van der Waals surface area (Å²) in [6, 6.07) is 9.36. The summed E-state index contributed by atoms with van der Waals surface area (Å²) in [4.78, 5) is 19.0. The van der Waals surface area contributed by atoms with Crippen molar-refractivity contribution in [3.8, 4) is 0 Å². The number of hydrogen-bond donors (Lipinski definition) is 1. The molecule has 1 aliphatic rings. The Kier molecular flexibility index (Phi) is 5.96. The molecule has 3 rings (SSSR count). The van der Waals surface area contributed by atoms with Crippen LogP contribution in [0.1, 0.15) is 16.8 Å². The molecule has 1 aromatic heterocycles. The van der Waals surface area contributed by atoms with E-state index < -0.39 is 0 Å². The number of rotatable bonds is 6. The van der Waals surface area contributed by atoms with Crippen molar-refractivity contribution in [1.82, 2.24) is 15.2 Å². The number of nitrogens with zero attached hydrogens (tertiary/aromatic N) is 2. The standard InChI is InChI=1S/C19H25N3O3/c1-22(2)9-11-25-18-13-24-10-7-17(18)21-19(23)15-5-6-16-14(12-15)4-3-8-20-16/h3-6,8,12,17-18H,7,9-11,13H2,1-2H3,(H,21,23)/t17-,18-/m1/s1. The van der Waals surface area contributed by atoms with Crippen LogP contribution in [-0.4, -0.2) is 68.4 Å². The molecule has 2 heterocycles. The van der Waals surface area contributed by atoms with Crippen LogP contribution in [0.25, 0.3) is 10.9 Å². The maximum Gasteiger partial charge on any atom is 0.251 e. The molecule has 0 aliphatic carbocycles. The number of benzene rings is 1. The first-order valence-corrected chi connectivity index (χ1v) is 8.63. The number of amides is 1. The van der Waals surface area contributed by atoms with Gasteiger partial charge in [-0.05, 0) is 44.8 Å². The molecule has 134 valence electrons. The molecule has 2 aromatic rings. The number of pyridine rings is 1. The Hall–Kier alpha value is -2.02. The van der Waals surface area contributed by atoms with Crippen molar-refractivity contribution in [2.45, 2.75) is 18.6 Å². The topological polar surface area (TPSA) is 63.7 Å². The second-order valence-corrected chi connectivity index (χ2v) is 6.57. The lowest BCUT2D eigenvalue weighted by molar-refractivity contribution is -0.0690.